The van der Waals surface area contributed by atoms with E-state index in [0.29, 0.717) is 5.04 Å². The fourth-order valence-corrected chi connectivity index (χ4v) is 15.5. The summed E-state index contributed by atoms with van der Waals surface area (Å²) in [5.74, 6) is 0. The van der Waals surface area contributed by atoms with Gasteiger partial charge in [-0.25, -0.2) is 0 Å². The van der Waals surface area contributed by atoms with Crippen LogP contribution in [0, 0.1) is 0 Å². The zero-order valence-electron chi connectivity index (χ0n) is 23.6. The third-order valence-corrected chi connectivity index (χ3v) is 17.2. The molecule has 2 fully saturated rings. The average Bonchev–Trinajstić information content (AvgIpc) is 3.00. The Morgan fingerprint density at radius 2 is 0.974 bits per heavy atom. The molecule has 0 heterocycles. The molecule has 0 aromatic heterocycles. The van der Waals surface area contributed by atoms with Crippen LogP contribution in [0.25, 0.3) is 0 Å². The van der Waals surface area contributed by atoms with Crippen LogP contribution in [0.4, 0.5) is 0 Å². The van der Waals surface area contributed by atoms with Crippen molar-refractivity contribution in [2.75, 3.05) is 12.3 Å². The molecule has 0 bridgehead atoms. The second-order valence-electron chi connectivity index (χ2n) is 12.1. The van der Waals surface area contributed by atoms with Crippen LogP contribution in [-0.2, 0) is 5.04 Å². The molecule has 5 rings (SSSR count). The maximum atomic E-state index is 2.46. The summed E-state index contributed by atoms with van der Waals surface area (Å²) in [5.41, 5.74) is 3.76. The molecule has 0 amide bonds. The Labute approximate surface area is 238 Å². The van der Waals surface area contributed by atoms with Gasteiger partial charge in [0.1, 0.15) is 0 Å². The fourth-order valence-electron chi connectivity index (χ4n) is 7.10. The molecule has 3 heteroatoms. The van der Waals surface area contributed by atoms with E-state index in [1.54, 1.807) is 5.56 Å². The first-order valence-electron chi connectivity index (χ1n) is 15.4. The van der Waals surface area contributed by atoms with Crippen LogP contribution in [-0.4, -0.2) is 33.9 Å². The highest BCUT2D eigenvalue weighted by atomic mass is 31.1. The van der Waals surface area contributed by atoms with Gasteiger partial charge in [0.2, 0.25) is 0 Å². The van der Waals surface area contributed by atoms with Crippen LogP contribution >= 0.6 is 15.8 Å². The van der Waals surface area contributed by atoms with Gasteiger partial charge in [0.25, 0.3) is 0 Å². The molecule has 0 N–H and O–H groups in total. The van der Waals surface area contributed by atoms with E-state index in [1.807, 2.05) is 0 Å². The van der Waals surface area contributed by atoms with Gasteiger partial charge in [0, 0.05) is 10.2 Å². The van der Waals surface area contributed by atoms with E-state index in [1.165, 1.54) is 110 Å². The monoisotopic (exact) mass is 558 g/mol. The summed E-state index contributed by atoms with van der Waals surface area (Å²) >= 11 is 0. The Kier molecular flexibility index (Phi) is 10.7. The topological polar surface area (TPSA) is 0 Å². The van der Waals surface area contributed by atoms with Gasteiger partial charge in [-0.3, -0.25) is 0 Å². The van der Waals surface area contributed by atoms with Gasteiger partial charge in [-0.05, 0) is 91.3 Å². The molecule has 0 radical (unpaired) electrons. The molecule has 1 unspecified atom stereocenters. The highest BCUT2D eigenvalue weighted by Crippen LogP contribution is 2.57. The zero-order chi connectivity index (χ0) is 26.0. The lowest BCUT2D eigenvalue weighted by molar-refractivity contribution is 0.481. The number of hydrogen-bond acceptors (Lipinski definition) is 0. The van der Waals surface area contributed by atoms with Crippen LogP contribution < -0.4 is 10.6 Å². The van der Waals surface area contributed by atoms with Gasteiger partial charge in [0.05, 0.1) is 0 Å². The normalized spacial score (nSPS) is 19.1. The van der Waals surface area contributed by atoms with Crippen LogP contribution in [0.3, 0.4) is 0 Å². The molecule has 0 aliphatic heterocycles. The standard InChI is InChI=1S/C35H48P2Si/c38-35(30-16-6-1-7-17-30,26-28-36(31-18-8-2-9-19-31)32-20-10-3-11-21-32)27-29-37(33-22-12-4-13-23-33)34-24-14-5-15-25-34/h1-3,6-11,16-21,33-34H,4-5,12-15,22-29H2,38H3. The van der Waals surface area contributed by atoms with Gasteiger partial charge in [-0.2, -0.15) is 0 Å². The van der Waals surface area contributed by atoms with Crippen molar-refractivity contribution in [3.05, 3.63) is 96.6 Å². The highest BCUT2D eigenvalue weighted by molar-refractivity contribution is 7.73. The molecule has 38 heavy (non-hydrogen) atoms. The Morgan fingerprint density at radius 3 is 1.45 bits per heavy atom. The summed E-state index contributed by atoms with van der Waals surface area (Å²) in [6, 6.07) is 34.5. The van der Waals surface area contributed by atoms with E-state index in [-0.39, 0.29) is 15.8 Å². The summed E-state index contributed by atoms with van der Waals surface area (Å²) in [6.07, 6.45) is 20.7. The smallest absolute Gasteiger partial charge is 0.0162 e. The quantitative estimate of drug-likeness (QED) is 0.164. The van der Waals surface area contributed by atoms with E-state index >= 15 is 0 Å². The minimum absolute atomic E-state index is 0.162. The SMILES string of the molecule is [SiH3]C(CCP(c1ccccc1)c1ccccc1)(CCP(C1CCCCC1)C1CCCCC1)c1ccccc1. The molecule has 0 spiro atoms. The Bertz CT molecular complexity index is 1000. The molecule has 202 valence electrons. The van der Waals surface area contributed by atoms with Gasteiger partial charge in [-0.15, -0.1) is 7.92 Å². The maximum absolute atomic E-state index is 2.46. The van der Waals surface area contributed by atoms with E-state index < -0.39 is 0 Å². The third-order valence-electron chi connectivity index (χ3n) is 9.50. The molecular weight excluding hydrogens is 510 g/mol. The Balaban J connectivity index is 1.37. The first kappa shape index (κ1) is 28.3. The van der Waals surface area contributed by atoms with Crippen molar-refractivity contribution in [3.8, 4) is 0 Å². The molecule has 0 nitrogen and oxygen atoms in total. The van der Waals surface area contributed by atoms with Gasteiger partial charge in [0.15, 0.2) is 0 Å². The van der Waals surface area contributed by atoms with Gasteiger partial charge in [-0.1, -0.05) is 130 Å². The molecule has 2 aliphatic rings. The molecule has 3 aromatic rings. The summed E-state index contributed by atoms with van der Waals surface area (Å²) in [4.78, 5) is 0. The molecule has 0 saturated heterocycles. The van der Waals surface area contributed by atoms with Crippen LogP contribution in [0.1, 0.15) is 82.6 Å². The van der Waals surface area contributed by atoms with Crippen molar-refractivity contribution < 1.29 is 0 Å². The summed E-state index contributed by atoms with van der Waals surface area (Å²) in [7, 11) is 1.07. The van der Waals surface area contributed by atoms with Crippen LogP contribution in [0.5, 0.6) is 0 Å². The van der Waals surface area contributed by atoms with E-state index in [0.717, 1.165) is 11.3 Å². The van der Waals surface area contributed by atoms with Gasteiger partial charge >= 0.3 is 0 Å². The average molecular weight is 559 g/mol. The second kappa shape index (κ2) is 14.4. The molecule has 2 aliphatic carbocycles. The minimum Gasteiger partial charge on any atom is -0.100 e. The first-order valence-corrected chi connectivity index (χ1v) is 19.6. The Hall–Kier alpha value is -1.26. The predicted molar refractivity (Wildman–Crippen MR) is 177 cm³/mol. The maximum Gasteiger partial charge on any atom is 0.0162 e. The van der Waals surface area contributed by atoms with Crippen molar-refractivity contribution in [1.29, 1.82) is 0 Å². The summed E-state index contributed by atoms with van der Waals surface area (Å²) in [5, 5.41) is 3.46. The lowest BCUT2D eigenvalue weighted by Gasteiger charge is -2.41. The first-order chi connectivity index (χ1) is 18.7. The highest BCUT2D eigenvalue weighted by Gasteiger charge is 2.34. The third kappa shape index (κ3) is 7.47. The second-order valence-corrected chi connectivity index (χ2v) is 19.3. The summed E-state index contributed by atoms with van der Waals surface area (Å²) in [6.45, 7) is 0. The predicted octanol–water partition coefficient (Wildman–Crippen LogP) is 8.31. The van der Waals surface area contributed by atoms with Crippen LogP contribution in [0.15, 0.2) is 91.0 Å². The van der Waals surface area contributed by atoms with Gasteiger partial charge < -0.3 is 0 Å². The molecule has 2 saturated carbocycles. The van der Waals surface area contributed by atoms with Crippen molar-refractivity contribution in [3.63, 3.8) is 0 Å². The van der Waals surface area contributed by atoms with Crippen molar-refractivity contribution >= 4 is 36.7 Å². The zero-order valence-corrected chi connectivity index (χ0v) is 27.4. The summed E-state index contributed by atoms with van der Waals surface area (Å²) < 4.78 is 0. The lowest BCUT2D eigenvalue weighted by Crippen LogP contribution is -2.32. The van der Waals surface area contributed by atoms with E-state index in [4.69, 9.17) is 0 Å². The van der Waals surface area contributed by atoms with Crippen molar-refractivity contribution in [2.45, 2.75) is 93.4 Å². The molecule has 3 aromatic carbocycles. The fraction of sp³-hybridized carbons (Fsp3) is 0.486. The number of rotatable bonds is 11. The number of benzene rings is 3. The number of hydrogen-bond donors (Lipinski definition) is 0. The largest absolute Gasteiger partial charge is 0.100 e. The lowest BCUT2D eigenvalue weighted by atomic mass is 9.92. The van der Waals surface area contributed by atoms with E-state index in [9.17, 15) is 0 Å². The van der Waals surface area contributed by atoms with Crippen molar-refractivity contribution in [2.24, 2.45) is 0 Å². The molecular formula is C35H48P2Si. The van der Waals surface area contributed by atoms with E-state index in [2.05, 4.69) is 91.0 Å². The van der Waals surface area contributed by atoms with Crippen molar-refractivity contribution in [1.82, 2.24) is 0 Å². The Morgan fingerprint density at radius 1 is 0.553 bits per heavy atom. The minimum atomic E-state index is -0.328. The van der Waals surface area contributed by atoms with Crippen LogP contribution in [0.2, 0.25) is 0 Å². The molecule has 1 atom stereocenters.